The van der Waals surface area contributed by atoms with Crippen molar-refractivity contribution < 1.29 is 14.3 Å². The Morgan fingerprint density at radius 2 is 2.00 bits per heavy atom. The lowest BCUT2D eigenvalue weighted by Gasteiger charge is -2.24. The van der Waals surface area contributed by atoms with Gasteiger partial charge in [-0.15, -0.1) is 0 Å². The third-order valence-electron chi connectivity index (χ3n) is 4.06. The summed E-state index contributed by atoms with van der Waals surface area (Å²) in [5, 5.41) is 2.92. The van der Waals surface area contributed by atoms with Gasteiger partial charge >= 0.3 is 0 Å². The first-order chi connectivity index (χ1) is 11.5. The monoisotopic (exact) mass is 390 g/mol. The van der Waals surface area contributed by atoms with Crippen molar-refractivity contribution in [3.05, 3.63) is 52.5 Å². The molecule has 0 unspecified atom stereocenters. The molecule has 1 aliphatic heterocycles. The summed E-state index contributed by atoms with van der Waals surface area (Å²) in [4.78, 5) is 14.5. The molecule has 0 saturated heterocycles. The van der Waals surface area contributed by atoms with Crippen LogP contribution in [0.15, 0.2) is 46.9 Å². The van der Waals surface area contributed by atoms with Crippen LogP contribution < -0.4 is 14.8 Å². The van der Waals surface area contributed by atoms with Crippen LogP contribution in [0.1, 0.15) is 12.5 Å². The molecule has 1 amide bonds. The zero-order chi connectivity index (χ0) is 17.1. The number of ether oxygens (including phenoxy) is 2. The summed E-state index contributed by atoms with van der Waals surface area (Å²) >= 11 is 3.54. The van der Waals surface area contributed by atoms with Gasteiger partial charge in [0.2, 0.25) is 12.7 Å². The van der Waals surface area contributed by atoms with Crippen molar-refractivity contribution in [2.75, 3.05) is 19.2 Å². The fourth-order valence-electron chi connectivity index (χ4n) is 2.45. The van der Waals surface area contributed by atoms with Crippen molar-refractivity contribution in [2.45, 2.75) is 19.5 Å². The number of hydrogen-bond donors (Lipinski definition) is 1. The number of nitrogens with one attached hydrogen (secondary N) is 1. The quantitative estimate of drug-likeness (QED) is 0.846. The third kappa shape index (κ3) is 3.71. The molecule has 24 heavy (non-hydrogen) atoms. The Morgan fingerprint density at radius 1 is 1.25 bits per heavy atom. The molecule has 1 atom stereocenters. The highest BCUT2D eigenvalue weighted by atomic mass is 79.9. The lowest BCUT2D eigenvalue weighted by atomic mass is 10.2. The van der Waals surface area contributed by atoms with E-state index in [0.29, 0.717) is 23.7 Å². The van der Waals surface area contributed by atoms with E-state index in [0.717, 1.165) is 10.0 Å². The summed E-state index contributed by atoms with van der Waals surface area (Å²) in [5.74, 6) is 1.29. The molecule has 0 spiro atoms. The zero-order valence-corrected chi connectivity index (χ0v) is 15.2. The maximum absolute atomic E-state index is 12.5. The van der Waals surface area contributed by atoms with Crippen molar-refractivity contribution in [1.29, 1.82) is 0 Å². The molecular weight excluding hydrogens is 372 g/mol. The second kappa shape index (κ2) is 7.23. The van der Waals surface area contributed by atoms with Crippen molar-refractivity contribution in [3.63, 3.8) is 0 Å². The van der Waals surface area contributed by atoms with Crippen LogP contribution in [-0.2, 0) is 11.3 Å². The van der Waals surface area contributed by atoms with Crippen LogP contribution in [0.2, 0.25) is 0 Å². The van der Waals surface area contributed by atoms with Gasteiger partial charge in [-0.25, -0.2) is 0 Å². The molecule has 2 aromatic carbocycles. The highest BCUT2D eigenvalue weighted by Crippen LogP contribution is 2.34. The molecule has 1 N–H and O–H groups in total. The van der Waals surface area contributed by atoms with Gasteiger partial charge in [-0.05, 0) is 37.7 Å². The van der Waals surface area contributed by atoms with Crippen LogP contribution in [0, 0.1) is 0 Å². The average Bonchev–Trinajstić information content (AvgIpc) is 3.03. The minimum Gasteiger partial charge on any atom is -0.454 e. The molecule has 5 nitrogen and oxygen atoms in total. The summed E-state index contributed by atoms with van der Waals surface area (Å²) in [7, 11) is 1.93. The minimum atomic E-state index is -0.275. The van der Waals surface area contributed by atoms with E-state index in [1.807, 2.05) is 49.2 Å². The van der Waals surface area contributed by atoms with E-state index in [1.54, 1.807) is 12.1 Å². The van der Waals surface area contributed by atoms with Crippen LogP contribution in [-0.4, -0.2) is 30.7 Å². The van der Waals surface area contributed by atoms with Gasteiger partial charge < -0.3 is 14.8 Å². The topological polar surface area (TPSA) is 50.8 Å². The van der Waals surface area contributed by atoms with Gasteiger partial charge in [-0.1, -0.05) is 34.1 Å². The van der Waals surface area contributed by atoms with Crippen LogP contribution >= 0.6 is 15.9 Å². The first-order valence-electron chi connectivity index (χ1n) is 7.69. The number of fused-ring (bicyclic) bond motifs is 1. The molecule has 0 fully saturated rings. The van der Waals surface area contributed by atoms with E-state index in [4.69, 9.17) is 9.47 Å². The molecule has 0 radical (unpaired) electrons. The second-order valence-electron chi connectivity index (χ2n) is 5.74. The first-order valence-corrected chi connectivity index (χ1v) is 8.48. The van der Waals surface area contributed by atoms with E-state index in [9.17, 15) is 4.79 Å². The Hall–Kier alpha value is -2.05. The van der Waals surface area contributed by atoms with Crippen LogP contribution in [0.5, 0.6) is 11.5 Å². The number of halogens is 1. The van der Waals surface area contributed by atoms with Crippen LogP contribution in [0.3, 0.4) is 0 Å². The molecular formula is C18H19BrN2O3. The number of rotatable bonds is 5. The fraction of sp³-hybridized carbons (Fsp3) is 0.278. The molecule has 6 heteroatoms. The smallest absolute Gasteiger partial charge is 0.241 e. The van der Waals surface area contributed by atoms with Crippen LogP contribution in [0.4, 0.5) is 5.69 Å². The van der Waals surface area contributed by atoms with Gasteiger partial charge in [0, 0.05) is 22.8 Å². The normalized spacial score (nSPS) is 13.8. The van der Waals surface area contributed by atoms with Gasteiger partial charge in [-0.2, -0.15) is 0 Å². The molecule has 1 aliphatic rings. The van der Waals surface area contributed by atoms with E-state index >= 15 is 0 Å². The standard InChI is InChI=1S/C18H19BrN2O3/c1-12(21(2)10-13-5-3-4-6-15(13)19)18(22)20-14-7-8-16-17(9-14)24-11-23-16/h3-9,12H,10-11H2,1-2H3,(H,20,22)/t12-/m0/s1. The number of benzene rings is 2. The van der Waals surface area contributed by atoms with E-state index < -0.39 is 0 Å². The van der Waals surface area contributed by atoms with Crippen molar-refractivity contribution in [3.8, 4) is 11.5 Å². The largest absolute Gasteiger partial charge is 0.454 e. The summed E-state index contributed by atoms with van der Waals surface area (Å²) in [6.45, 7) is 2.79. The molecule has 2 aromatic rings. The average molecular weight is 391 g/mol. The number of nitrogens with zero attached hydrogens (tertiary/aromatic N) is 1. The molecule has 0 aliphatic carbocycles. The SMILES string of the molecule is C[C@@H](C(=O)Nc1ccc2c(c1)OCO2)N(C)Cc1ccccc1Br. The number of likely N-dealkylation sites (N-methyl/N-ethyl adjacent to an activating group) is 1. The van der Waals surface area contributed by atoms with Gasteiger partial charge in [-0.3, -0.25) is 9.69 Å². The molecule has 1 heterocycles. The predicted octanol–water partition coefficient (Wildman–Crippen LogP) is 3.64. The van der Waals surface area contributed by atoms with E-state index in [-0.39, 0.29) is 18.7 Å². The summed E-state index contributed by atoms with van der Waals surface area (Å²) in [6.07, 6.45) is 0. The predicted molar refractivity (Wildman–Crippen MR) is 96.3 cm³/mol. The lowest BCUT2D eigenvalue weighted by molar-refractivity contribution is -0.120. The van der Waals surface area contributed by atoms with Gasteiger partial charge in [0.15, 0.2) is 11.5 Å². The van der Waals surface area contributed by atoms with Crippen molar-refractivity contribution in [2.24, 2.45) is 0 Å². The Labute approximate surface area is 149 Å². The van der Waals surface area contributed by atoms with Gasteiger partial charge in [0.25, 0.3) is 0 Å². The second-order valence-corrected chi connectivity index (χ2v) is 6.59. The molecule has 126 valence electrons. The fourth-order valence-corrected chi connectivity index (χ4v) is 2.86. The number of amides is 1. The molecule has 0 saturated carbocycles. The van der Waals surface area contributed by atoms with Crippen LogP contribution in [0.25, 0.3) is 0 Å². The van der Waals surface area contributed by atoms with E-state index in [2.05, 4.69) is 21.2 Å². The first kappa shape index (κ1) is 16.8. The number of anilines is 1. The Balaban J connectivity index is 1.63. The van der Waals surface area contributed by atoms with Gasteiger partial charge in [0.05, 0.1) is 6.04 Å². The highest BCUT2D eigenvalue weighted by Gasteiger charge is 2.20. The summed E-state index contributed by atoms with van der Waals surface area (Å²) < 4.78 is 11.6. The summed E-state index contributed by atoms with van der Waals surface area (Å²) in [5.41, 5.74) is 1.84. The molecule has 0 aromatic heterocycles. The Kier molecular flexibility index (Phi) is 5.06. The Morgan fingerprint density at radius 3 is 2.79 bits per heavy atom. The maximum Gasteiger partial charge on any atom is 0.241 e. The van der Waals surface area contributed by atoms with Crippen molar-refractivity contribution >= 4 is 27.5 Å². The maximum atomic E-state index is 12.5. The number of carbonyl (C=O) groups is 1. The highest BCUT2D eigenvalue weighted by molar-refractivity contribution is 9.10. The Bertz CT molecular complexity index is 751. The third-order valence-corrected chi connectivity index (χ3v) is 4.83. The van der Waals surface area contributed by atoms with E-state index in [1.165, 1.54) is 0 Å². The minimum absolute atomic E-state index is 0.0663. The van der Waals surface area contributed by atoms with Crippen molar-refractivity contribution in [1.82, 2.24) is 4.90 Å². The molecule has 3 rings (SSSR count). The summed E-state index contributed by atoms with van der Waals surface area (Å²) in [6, 6.07) is 13.1. The molecule has 0 bridgehead atoms. The lowest BCUT2D eigenvalue weighted by Crippen LogP contribution is -2.39. The zero-order valence-electron chi connectivity index (χ0n) is 13.6. The number of carbonyl (C=O) groups excluding carboxylic acids is 1. The van der Waals surface area contributed by atoms with Gasteiger partial charge in [0.1, 0.15) is 0 Å². The number of hydrogen-bond acceptors (Lipinski definition) is 4.